The van der Waals surface area contributed by atoms with Crippen LogP contribution in [0.5, 0.6) is 0 Å². The second-order valence-corrected chi connectivity index (χ2v) is 3.48. The zero-order valence-corrected chi connectivity index (χ0v) is 9.93. The monoisotopic (exact) mass is 240 g/mol. The zero-order valence-electron chi connectivity index (χ0n) is 9.93. The summed E-state index contributed by atoms with van der Waals surface area (Å²) in [7, 11) is 3.10. The number of likely N-dealkylation sites (N-methyl/N-ethyl adjacent to an activating group) is 1. The first-order chi connectivity index (χ1) is 8.15. The van der Waals surface area contributed by atoms with Gasteiger partial charge in [0.2, 0.25) is 5.91 Å². The van der Waals surface area contributed by atoms with E-state index in [9.17, 15) is 9.59 Å². The molecule has 0 saturated heterocycles. The minimum atomic E-state index is -0.322. The number of rotatable bonds is 6. The number of nitrogens with one attached hydrogen (secondary N) is 1. The van der Waals surface area contributed by atoms with Crippen molar-refractivity contribution in [3.05, 3.63) is 24.2 Å². The maximum Gasteiger partial charge on any atom is 0.289 e. The van der Waals surface area contributed by atoms with Gasteiger partial charge in [0, 0.05) is 20.7 Å². The van der Waals surface area contributed by atoms with Gasteiger partial charge in [0.25, 0.3) is 5.91 Å². The van der Waals surface area contributed by atoms with E-state index in [2.05, 4.69) is 5.32 Å². The first kappa shape index (κ1) is 13.2. The van der Waals surface area contributed by atoms with Crippen LogP contribution >= 0.6 is 0 Å². The van der Waals surface area contributed by atoms with E-state index in [0.717, 1.165) is 0 Å². The first-order valence-corrected chi connectivity index (χ1v) is 5.19. The Kier molecular flexibility index (Phi) is 5.22. The van der Waals surface area contributed by atoms with E-state index in [1.54, 1.807) is 26.3 Å². The highest BCUT2D eigenvalue weighted by Crippen LogP contribution is 2.03. The van der Waals surface area contributed by atoms with Gasteiger partial charge < -0.3 is 19.4 Å². The van der Waals surface area contributed by atoms with Crippen LogP contribution in [0.25, 0.3) is 0 Å². The lowest BCUT2D eigenvalue weighted by Gasteiger charge is -2.15. The summed E-state index contributed by atoms with van der Waals surface area (Å²) in [6.45, 7) is 0.864. The topological polar surface area (TPSA) is 71.8 Å². The van der Waals surface area contributed by atoms with Crippen LogP contribution in [0.2, 0.25) is 0 Å². The highest BCUT2D eigenvalue weighted by molar-refractivity contribution is 5.94. The third-order valence-corrected chi connectivity index (χ3v) is 2.09. The van der Waals surface area contributed by atoms with Crippen LogP contribution in [-0.2, 0) is 9.53 Å². The Hall–Kier alpha value is -1.82. The quantitative estimate of drug-likeness (QED) is 0.717. The molecular weight excluding hydrogens is 224 g/mol. The number of ether oxygens (including phenoxy) is 1. The zero-order chi connectivity index (χ0) is 12.7. The molecule has 17 heavy (non-hydrogen) atoms. The molecule has 1 aromatic rings. The lowest BCUT2D eigenvalue weighted by atomic mass is 10.4. The number of methoxy groups -OCH3 is 1. The molecule has 0 spiro atoms. The van der Waals surface area contributed by atoms with Crippen LogP contribution in [0.4, 0.5) is 0 Å². The van der Waals surface area contributed by atoms with Crippen LogP contribution in [0.3, 0.4) is 0 Å². The number of furan rings is 1. The van der Waals surface area contributed by atoms with Gasteiger partial charge in [-0.3, -0.25) is 9.59 Å². The average molecular weight is 240 g/mol. The van der Waals surface area contributed by atoms with Crippen molar-refractivity contribution in [1.29, 1.82) is 0 Å². The molecule has 1 heterocycles. The van der Waals surface area contributed by atoms with Crippen LogP contribution < -0.4 is 5.32 Å². The van der Waals surface area contributed by atoms with Crippen molar-refractivity contribution in [2.45, 2.75) is 0 Å². The largest absolute Gasteiger partial charge is 0.459 e. The molecule has 2 amide bonds. The molecular formula is C11H16N2O4. The molecule has 0 bridgehead atoms. The third-order valence-electron chi connectivity index (χ3n) is 2.09. The number of hydrogen-bond donors (Lipinski definition) is 1. The Bertz CT molecular complexity index is 362. The second-order valence-electron chi connectivity index (χ2n) is 3.48. The van der Waals surface area contributed by atoms with Gasteiger partial charge in [-0.05, 0) is 12.1 Å². The van der Waals surface area contributed by atoms with E-state index in [-0.39, 0.29) is 24.1 Å². The van der Waals surface area contributed by atoms with Gasteiger partial charge in [0.15, 0.2) is 5.76 Å². The van der Waals surface area contributed by atoms with Gasteiger partial charge in [-0.1, -0.05) is 0 Å². The van der Waals surface area contributed by atoms with Crippen molar-refractivity contribution in [3.8, 4) is 0 Å². The summed E-state index contributed by atoms with van der Waals surface area (Å²) >= 11 is 0. The Labute approximate surface area is 99.5 Å². The van der Waals surface area contributed by atoms with Crippen molar-refractivity contribution >= 4 is 11.8 Å². The summed E-state index contributed by atoms with van der Waals surface area (Å²) < 4.78 is 9.75. The number of amides is 2. The molecule has 0 unspecified atom stereocenters. The number of nitrogens with zero attached hydrogens (tertiary/aromatic N) is 1. The molecule has 0 fully saturated rings. The molecule has 0 aromatic carbocycles. The second kappa shape index (κ2) is 6.70. The maximum absolute atomic E-state index is 11.7. The van der Waals surface area contributed by atoms with Crippen molar-refractivity contribution < 1.29 is 18.7 Å². The van der Waals surface area contributed by atoms with E-state index < -0.39 is 0 Å². The van der Waals surface area contributed by atoms with Crippen molar-refractivity contribution in [3.63, 3.8) is 0 Å². The minimum absolute atomic E-state index is 0.0107. The van der Waals surface area contributed by atoms with Gasteiger partial charge >= 0.3 is 0 Å². The summed E-state index contributed by atoms with van der Waals surface area (Å²) in [6, 6.07) is 3.18. The van der Waals surface area contributed by atoms with Gasteiger partial charge in [-0.25, -0.2) is 0 Å². The average Bonchev–Trinajstić information content (AvgIpc) is 2.81. The Morgan fingerprint density at radius 3 is 2.88 bits per heavy atom. The fourth-order valence-electron chi connectivity index (χ4n) is 1.22. The molecule has 0 aliphatic heterocycles. The Morgan fingerprint density at radius 1 is 1.53 bits per heavy atom. The van der Waals surface area contributed by atoms with Crippen LogP contribution in [0.1, 0.15) is 10.6 Å². The molecule has 6 nitrogen and oxygen atoms in total. The molecule has 6 heteroatoms. The van der Waals surface area contributed by atoms with Crippen molar-refractivity contribution in [1.82, 2.24) is 10.2 Å². The third kappa shape index (κ3) is 4.28. The SMILES string of the molecule is COCCNC(=O)CN(C)C(=O)c1ccco1. The summed E-state index contributed by atoms with van der Waals surface area (Å²) in [5, 5.41) is 2.63. The van der Waals surface area contributed by atoms with E-state index in [1.807, 2.05) is 0 Å². The highest BCUT2D eigenvalue weighted by atomic mass is 16.5. The molecule has 0 atom stereocenters. The molecule has 0 radical (unpaired) electrons. The van der Waals surface area contributed by atoms with Crippen LogP contribution in [0.15, 0.2) is 22.8 Å². The maximum atomic E-state index is 11.7. The van der Waals surface area contributed by atoms with Gasteiger partial charge in [0.1, 0.15) is 0 Å². The summed E-state index contributed by atoms with van der Waals surface area (Å²) in [6.07, 6.45) is 1.42. The van der Waals surface area contributed by atoms with E-state index in [4.69, 9.17) is 9.15 Å². The normalized spacial score (nSPS) is 10.0. The summed E-state index contributed by atoms with van der Waals surface area (Å²) in [4.78, 5) is 24.4. The fourth-order valence-corrected chi connectivity index (χ4v) is 1.22. The van der Waals surface area contributed by atoms with Crippen molar-refractivity contribution in [2.24, 2.45) is 0 Å². The standard InChI is InChI=1S/C11H16N2O4/c1-13(8-10(14)12-5-7-16-2)11(15)9-4-3-6-17-9/h3-4,6H,5,7-8H2,1-2H3,(H,12,14). The molecule has 0 aliphatic rings. The highest BCUT2D eigenvalue weighted by Gasteiger charge is 2.16. The van der Waals surface area contributed by atoms with Crippen LogP contribution in [0, 0.1) is 0 Å². The minimum Gasteiger partial charge on any atom is -0.459 e. The summed E-state index contributed by atoms with van der Waals surface area (Å²) in [5.41, 5.74) is 0. The van der Waals surface area contributed by atoms with E-state index in [1.165, 1.54) is 11.2 Å². The molecule has 1 aromatic heterocycles. The molecule has 1 rings (SSSR count). The number of hydrogen-bond acceptors (Lipinski definition) is 4. The number of carbonyl (C=O) groups excluding carboxylic acids is 2. The van der Waals surface area contributed by atoms with E-state index >= 15 is 0 Å². The van der Waals surface area contributed by atoms with E-state index in [0.29, 0.717) is 13.2 Å². The smallest absolute Gasteiger partial charge is 0.289 e. The first-order valence-electron chi connectivity index (χ1n) is 5.19. The molecule has 1 N–H and O–H groups in total. The van der Waals surface area contributed by atoms with Gasteiger partial charge in [0.05, 0.1) is 19.4 Å². The lowest BCUT2D eigenvalue weighted by molar-refractivity contribution is -0.121. The summed E-state index contributed by atoms with van der Waals surface area (Å²) in [5.74, 6) is -0.335. The fraction of sp³-hybridized carbons (Fsp3) is 0.455. The predicted molar refractivity (Wildman–Crippen MR) is 60.6 cm³/mol. The Balaban J connectivity index is 2.36. The Morgan fingerprint density at radius 2 is 2.29 bits per heavy atom. The lowest BCUT2D eigenvalue weighted by Crippen LogP contribution is -2.39. The van der Waals surface area contributed by atoms with Gasteiger partial charge in [-0.2, -0.15) is 0 Å². The molecule has 94 valence electrons. The molecule has 0 aliphatic carbocycles. The number of carbonyl (C=O) groups is 2. The predicted octanol–water partition coefficient (Wildman–Crippen LogP) is 0.114. The van der Waals surface area contributed by atoms with Crippen LogP contribution in [-0.4, -0.2) is 50.6 Å². The molecule has 0 saturated carbocycles. The van der Waals surface area contributed by atoms with Crippen molar-refractivity contribution in [2.75, 3.05) is 33.9 Å². The van der Waals surface area contributed by atoms with Gasteiger partial charge in [-0.15, -0.1) is 0 Å².